The molecule has 1 aliphatic rings. The van der Waals surface area contributed by atoms with Crippen LogP contribution in [-0.4, -0.2) is 23.1 Å². The molecule has 0 radical (unpaired) electrons. The van der Waals surface area contributed by atoms with Crippen LogP contribution < -0.4 is 10.6 Å². The number of hydrogen-bond donors (Lipinski definition) is 2. The maximum absolute atomic E-state index is 4.24. The fourth-order valence-electron chi connectivity index (χ4n) is 1.47. The fourth-order valence-corrected chi connectivity index (χ4v) is 1.96. The molecule has 0 saturated heterocycles. The van der Waals surface area contributed by atoms with Crippen molar-refractivity contribution in [3.63, 3.8) is 0 Å². The Kier molecular flexibility index (Phi) is 3.33. The highest BCUT2D eigenvalue weighted by atomic mass is 79.9. The monoisotopic (exact) mass is 284 g/mol. The standard InChI is InChI=1S/C11H17BrN4/c1-3-13-9-8(12)10(16-7-15-9)14-6-11(2)4-5-11/h7H,3-6H2,1-2H3,(H2,13,14,15,16). The largest absolute Gasteiger partial charge is 0.369 e. The fraction of sp³-hybridized carbons (Fsp3) is 0.636. The summed E-state index contributed by atoms with van der Waals surface area (Å²) in [5, 5.41) is 6.57. The van der Waals surface area contributed by atoms with Gasteiger partial charge in [-0.2, -0.15) is 0 Å². The summed E-state index contributed by atoms with van der Waals surface area (Å²) in [4.78, 5) is 8.42. The van der Waals surface area contributed by atoms with Crippen LogP contribution in [0.15, 0.2) is 10.8 Å². The molecular formula is C11H17BrN4. The topological polar surface area (TPSA) is 49.8 Å². The van der Waals surface area contributed by atoms with E-state index in [1.807, 2.05) is 6.92 Å². The maximum atomic E-state index is 4.24. The first kappa shape index (κ1) is 11.6. The molecule has 1 aromatic rings. The van der Waals surface area contributed by atoms with Crippen LogP contribution in [-0.2, 0) is 0 Å². The van der Waals surface area contributed by atoms with Crippen molar-refractivity contribution in [1.82, 2.24) is 9.97 Å². The molecule has 1 aromatic heterocycles. The minimum Gasteiger partial charge on any atom is -0.369 e. The van der Waals surface area contributed by atoms with Gasteiger partial charge in [-0.15, -0.1) is 0 Å². The van der Waals surface area contributed by atoms with Crippen LogP contribution >= 0.6 is 15.9 Å². The van der Waals surface area contributed by atoms with Crippen LogP contribution in [0.1, 0.15) is 26.7 Å². The van der Waals surface area contributed by atoms with Crippen LogP contribution in [0, 0.1) is 5.41 Å². The quantitative estimate of drug-likeness (QED) is 0.873. The van der Waals surface area contributed by atoms with Gasteiger partial charge in [0.2, 0.25) is 0 Å². The van der Waals surface area contributed by atoms with E-state index >= 15 is 0 Å². The Morgan fingerprint density at radius 1 is 1.31 bits per heavy atom. The summed E-state index contributed by atoms with van der Waals surface area (Å²) >= 11 is 3.52. The van der Waals surface area contributed by atoms with Gasteiger partial charge < -0.3 is 10.6 Å². The Labute approximate surface area is 104 Å². The molecule has 1 fully saturated rings. The zero-order chi connectivity index (χ0) is 11.6. The van der Waals surface area contributed by atoms with Crippen LogP contribution in [0.3, 0.4) is 0 Å². The summed E-state index contributed by atoms with van der Waals surface area (Å²) in [6, 6.07) is 0. The van der Waals surface area contributed by atoms with E-state index in [0.29, 0.717) is 5.41 Å². The predicted octanol–water partition coefficient (Wildman–Crippen LogP) is 2.88. The second-order valence-electron chi connectivity index (χ2n) is 4.58. The number of nitrogens with zero attached hydrogens (tertiary/aromatic N) is 2. The van der Waals surface area contributed by atoms with Gasteiger partial charge in [0.15, 0.2) is 0 Å². The SMILES string of the molecule is CCNc1ncnc(NCC2(C)CC2)c1Br. The van der Waals surface area contributed by atoms with E-state index in [1.54, 1.807) is 6.33 Å². The molecule has 0 unspecified atom stereocenters. The molecule has 0 bridgehead atoms. The van der Waals surface area contributed by atoms with Crippen molar-refractivity contribution in [1.29, 1.82) is 0 Å². The maximum Gasteiger partial charge on any atom is 0.145 e. The van der Waals surface area contributed by atoms with E-state index in [1.165, 1.54) is 12.8 Å². The Morgan fingerprint density at radius 2 is 1.94 bits per heavy atom. The van der Waals surface area contributed by atoms with Crippen molar-refractivity contribution >= 4 is 27.6 Å². The molecule has 4 nitrogen and oxygen atoms in total. The number of aromatic nitrogens is 2. The Morgan fingerprint density at radius 3 is 2.50 bits per heavy atom. The minimum atomic E-state index is 0.475. The summed E-state index contributed by atoms with van der Waals surface area (Å²) in [7, 11) is 0. The highest BCUT2D eigenvalue weighted by molar-refractivity contribution is 9.10. The molecule has 1 aliphatic carbocycles. The zero-order valence-corrected chi connectivity index (χ0v) is 11.3. The Bertz CT molecular complexity index is 376. The van der Waals surface area contributed by atoms with Gasteiger partial charge in [0, 0.05) is 13.1 Å². The van der Waals surface area contributed by atoms with Gasteiger partial charge in [0.1, 0.15) is 22.4 Å². The van der Waals surface area contributed by atoms with E-state index in [4.69, 9.17) is 0 Å². The number of halogens is 1. The van der Waals surface area contributed by atoms with Gasteiger partial charge in [-0.3, -0.25) is 0 Å². The number of anilines is 2. The van der Waals surface area contributed by atoms with Gasteiger partial charge in [0.25, 0.3) is 0 Å². The summed E-state index contributed by atoms with van der Waals surface area (Å²) < 4.78 is 0.918. The molecule has 0 aliphatic heterocycles. The molecule has 0 spiro atoms. The molecule has 2 N–H and O–H groups in total. The first-order valence-corrected chi connectivity index (χ1v) is 6.42. The molecule has 0 atom stereocenters. The third-order valence-electron chi connectivity index (χ3n) is 2.92. The first-order chi connectivity index (χ1) is 7.64. The van der Waals surface area contributed by atoms with Crippen molar-refractivity contribution in [2.24, 2.45) is 5.41 Å². The molecule has 5 heteroatoms. The molecule has 1 saturated carbocycles. The van der Waals surface area contributed by atoms with Crippen molar-refractivity contribution in [2.75, 3.05) is 23.7 Å². The first-order valence-electron chi connectivity index (χ1n) is 5.63. The Hall–Kier alpha value is -0.840. The number of rotatable bonds is 5. The van der Waals surface area contributed by atoms with Crippen LogP contribution in [0.5, 0.6) is 0 Å². The smallest absolute Gasteiger partial charge is 0.145 e. The highest BCUT2D eigenvalue weighted by Gasteiger charge is 2.37. The zero-order valence-electron chi connectivity index (χ0n) is 9.68. The average Bonchev–Trinajstić information content (AvgIpc) is 2.99. The van der Waals surface area contributed by atoms with Crippen molar-refractivity contribution < 1.29 is 0 Å². The minimum absolute atomic E-state index is 0.475. The van der Waals surface area contributed by atoms with Crippen LogP contribution in [0.25, 0.3) is 0 Å². The van der Waals surface area contributed by atoms with Crippen molar-refractivity contribution in [2.45, 2.75) is 26.7 Å². The van der Waals surface area contributed by atoms with Crippen LogP contribution in [0.4, 0.5) is 11.6 Å². The average molecular weight is 285 g/mol. The summed E-state index contributed by atoms with van der Waals surface area (Å²) in [5.41, 5.74) is 0.475. The van der Waals surface area contributed by atoms with E-state index in [0.717, 1.165) is 29.2 Å². The lowest BCUT2D eigenvalue weighted by Gasteiger charge is -2.13. The number of nitrogens with one attached hydrogen (secondary N) is 2. The van der Waals surface area contributed by atoms with Gasteiger partial charge in [-0.25, -0.2) is 9.97 Å². The Balaban J connectivity index is 2.05. The van der Waals surface area contributed by atoms with Gasteiger partial charge >= 0.3 is 0 Å². The van der Waals surface area contributed by atoms with Gasteiger partial charge in [-0.1, -0.05) is 6.92 Å². The van der Waals surface area contributed by atoms with Crippen molar-refractivity contribution in [3.8, 4) is 0 Å². The summed E-state index contributed by atoms with van der Waals surface area (Å²) in [5.74, 6) is 1.72. The predicted molar refractivity (Wildman–Crippen MR) is 69.7 cm³/mol. The number of hydrogen-bond acceptors (Lipinski definition) is 4. The second kappa shape index (κ2) is 4.57. The van der Waals surface area contributed by atoms with Crippen LogP contribution in [0.2, 0.25) is 0 Å². The molecular weight excluding hydrogens is 268 g/mol. The molecule has 0 amide bonds. The van der Waals surface area contributed by atoms with Gasteiger partial charge in [-0.05, 0) is 41.1 Å². The highest BCUT2D eigenvalue weighted by Crippen LogP contribution is 2.45. The molecule has 2 rings (SSSR count). The lowest BCUT2D eigenvalue weighted by atomic mass is 10.1. The normalized spacial score (nSPS) is 16.9. The second-order valence-corrected chi connectivity index (χ2v) is 5.37. The molecule has 88 valence electrons. The van der Waals surface area contributed by atoms with E-state index in [9.17, 15) is 0 Å². The van der Waals surface area contributed by atoms with E-state index in [2.05, 4.69) is 43.5 Å². The summed E-state index contributed by atoms with van der Waals surface area (Å²) in [6.07, 6.45) is 4.20. The van der Waals surface area contributed by atoms with Crippen molar-refractivity contribution in [3.05, 3.63) is 10.8 Å². The lowest BCUT2D eigenvalue weighted by molar-refractivity contribution is 0.609. The third-order valence-corrected chi connectivity index (χ3v) is 3.67. The van der Waals surface area contributed by atoms with E-state index < -0.39 is 0 Å². The van der Waals surface area contributed by atoms with E-state index in [-0.39, 0.29) is 0 Å². The van der Waals surface area contributed by atoms with Gasteiger partial charge in [0.05, 0.1) is 0 Å². The molecule has 16 heavy (non-hydrogen) atoms. The third kappa shape index (κ3) is 2.64. The molecule has 0 aromatic carbocycles. The summed E-state index contributed by atoms with van der Waals surface area (Å²) in [6.45, 7) is 6.17. The lowest BCUT2D eigenvalue weighted by Crippen LogP contribution is -2.14. The molecule has 1 heterocycles.